The van der Waals surface area contributed by atoms with Crippen molar-refractivity contribution in [1.82, 2.24) is 10.9 Å². The van der Waals surface area contributed by atoms with Gasteiger partial charge in [0.25, 0.3) is 0 Å². The highest BCUT2D eigenvalue weighted by Gasteiger charge is 2.02. The van der Waals surface area contributed by atoms with Gasteiger partial charge in [-0.15, -0.1) is 11.8 Å². The van der Waals surface area contributed by atoms with Crippen LogP contribution in [0.2, 0.25) is 0 Å². The summed E-state index contributed by atoms with van der Waals surface area (Å²) in [5.41, 5.74) is 10.9. The highest BCUT2D eigenvalue weighted by atomic mass is 32.2. The van der Waals surface area contributed by atoms with Gasteiger partial charge in [-0.3, -0.25) is 15.6 Å². The summed E-state index contributed by atoms with van der Waals surface area (Å²) in [6.07, 6.45) is 2.30. The Morgan fingerprint density at radius 3 is 2.50 bits per heavy atom. The van der Waals surface area contributed by atoms with Crippen LogP contribution in [0.25, 0.3) is 0 Å². The summed E-state index contributed by atoms with van der Waals surface area (Å²) in [4.78, 5) is 12.5. The molecular formula is C10H13N3OS2. The summed E-state index contributed by atoms with van der Waals surface area (Å²) in [5, 5.41) is 0.0473. The molecule has 0 spiro atoms. The number of hydrogen-bond acceptors (Lipinski definition) is 3. The Bertz CT molecular complexity index is 378. The van der Waals surface area contributed by atoms with Crippen molar-refractivity contribution in [2.24, 2.45) is 5.73 Å². The molecular weight excluding hydrogens is 242 g/mol. The molecule has 0 aliphatic carbocycles. The minimum Gasteiger partial charge on any atom is -0.375 e. The van der Waals surface area contributed by atoms with Crippen LogP contribution in [0, 0.1) is 0 Å². The first kappa shape index (κ1) is 12.8. The van der Waals surface area contributed by atoms with Crippen molar-refractivity contribution in [2.75, 3.05) is 6.26 Å². The molecule has 6 heteroatoms. The fourth-order valence-electron chi connectivity index (χ4n) is 1.10. The minimum atomic E-state index is -0.176. The van der Waals surface area contributed by atoms with Gasteiger partial charge in [0.15, 0.2) is 5.11 Å². The van der Waals surface area contributed by atoms with Crippen LogP contribution in [0.5, 0.6) is 0 Å². The number of nitrogens with two attached hydrogens (primary N) is 1. The first-order valence-electron chi connectivity index (χ1n) is 4.59. The van der Waals surface area contributed by atoms with Gasteiger partial charge in [-0.1, -0.05) is 12.1 Å². The summed E-state index contributed by atoms with van der Waals surface area (Å²) < 4.78 is 0. The Kier molecular flexibility index (Phi) is 5.07. The molecule has 1 amide bonds. The van der Waals surface area contributed by atoms with Crippen LogP contribution in [-0.4, -0.2) is 17.3 Å². The zero-order valence-electron chi connectivity index (χ0n) is 8.82. The number of rotatable bonds is 3. The van der Waals surface area contributed by atoms with E-state index in [1.807, 2.05) is 30.5 Å². The molecule has 0 saturated carbocycles. The lowest BCUT2D eigenvalue weighted by Gasteiger charge is -2.06. The van der Waals surface area contributed by atoms with E-state index in [0.29, 0.717) is 6.42 Å². The SMILES string of the molecule is CSc1ccc(CC(=O)NNC(N)=S)cc1. The molecule has 16 heavy (non-hydrogen) atoms. The largest absolute Gasteiger partial charge is 0.375 e. The molecule has 0 aliphatic rings. The van der Waals surface area contributed by atoms with E-state index in [9.17, 15) is 4.79 Å². The van der Waals surface area contributed by atoms with Crippen molar-refractivity contribution in [1.29, 1.82) is 0 Å². The Morgan fingerprint density at radius 2 is 2.00 bits per heavy atom. The third kappa shape index (κ3) is 4.50. The van der Waals surface area contributed by atoms with Crippen molar-refractivity contribution < 1.29 is 4.79 Å². The maximum absolute atomic E-state index is 11.4. The Morgan fingerprint density at radius 1 is 1.38 bits per heavy atom. The molecule has 0 aromatic heterocycles. The maximum atomic E-state index is 11.4. The van der Waals surface area contributed by atoms with Crippen molar-refractivity contribution in [2.45, 2.75) is 11.3 Å². The zero-order chi connectivity index (χ0) is 12.0. The molecule has 1 aromatic rings. The van der Waals surface area contributed by atoms with E-state index >= 15 is 0 Å². The van der Waals surface area contributed by atoms with E-state index < -0.39 is 0 Å². The topological polar surface area (TPSA) is 67.2 Å². The standard InChI is InChI=1S/C10H13N3OS2/c1-16-8-4-2-7(3-5-8)6-9(14)12-13-10(11)15/h2-5H,6H2,1H3,(H,12,14)(H3,11,13,15). The van der Waals surface area contributed by atoms with E-state index in [-0.39, 0.29) is 11.0 Å². The quantitative estimate of drug-likeness (QED) is 0.424. The van der Waals surface area contributed by atoms with E-state index in [0.717, 1.165) is 5.56 Å². The minimum absolute atomic E-state index is 0.0473. The van der Waals surface area contributed by atoms with Crippen LogP contribution in [0.4, 0.5) is 0 Å². The summed E-state index contributed by atoms with van der Waals surface area (Å²) in [7, 11) is 0. The molecule has 0 saturated heterocycles. The number of nitrogens with one attached hydrogen (secondary N) is 2. The van der Waals surface area contributed by atoms with Gasteiger partial charge in [0.05, 0.1) is 6.42 Å². The molecule has 4 nitrogen and oxygen atoms in total. The van der Waals surface area contributed by atoms with E-state index in [4.69, 9.17) is 5.73 Å². The zero-order valence-corrected chi connectivity index (χ0v) is 10.5. The van der Waals surface area contributed by atoms with E-state index in [1.165, 1.54) is 4.90 Å². The summed E-state index contributed by atoms with van der Waals surface area (Å²) >= 11 is 6.22. The predicted octanol–water partition coefficient (Wildman–Crippen LogP) is 0.815. The Hall–Kier alpha value is -1.27. The molecule has 0 aliphatic heterocycles. The van der Waals surface area contributed by atoms with Gasteiger partial charge in [0.1, 0.15) is 0 Å². The third-order valence-electron chi connectivity index (χ3n) is 1.85. The lowest BCUT2D eigenvalue weighted by atomic mass is 10.1. The van der Waals surface area contributed by atoms with Gasteiger partial charge in [-0.2, -0.15) is 0 Å². The highest BCUT2D eigenvalue weighted by Crippen LogP contribution is 2.14. The molecule has 86 valence electrons. The summed E-state index contributed by atoms with van der Waals surface area (Å²) in [5.74, 6) is -0.176. The van der Waals surface area contributed by atoms with Crippen LogP contribution in [0.3, 0.4) is 0 Å². The predicted molar refractivity (Wildman–Crippen MR) is 70.0 cm³/mol. The van der Waals surface area contributed by atoms with Crippen molar-refractivity contribution in [3.63, 3.8) is 0 Å². The van der Waals surface area contributed by atoms with Crippen molar-refractivity contribution in [3.05, 3.63) is 29.8 Å². The van der Waals surface area contributed by atoms with Gasteiger partial charge in [0.2, 0.25) is 5.91 Å². The summed E-state index contributed by atoms with van der Waals surface area (Å²) in [6.45, 7) is 0. The number of thioether (sulfide) groups is 1. The average molecular weight is 255 g/mol. The molecule has 0 radical (unpaired) electrons. The second-order valence-electron chi connectivity index (χ2n) is 3.06. The van der Waals surface area contributed by atoms with Crippen LogP contribution in [0.15, 0.2) is 29.2 Å². The van der Waals surface area contributed by atoms with Crippen LogP contribution in [-0.2, 0) is 11.2 Å². The monoisotopic (exact) mass is 255 g/mol. The van der Waals surface area contributed by atoms with Crippen molar-refractivity contribution in [3.8, 4) is 0 Å². The Balaban J connectivity index is 2.46. The lowest BCUT2D eigenvalue weighted by molar-refractivity contribution is -0.121. The van der Waals surface area contributed by atoms with Crippen LogP contribution >= 0.6 is 24.0 Å². The van der Waals surface area contributed by atoms with Crippen LogP contribution < -0.4 is 16.6 Å². The highest BCUT2D eigenvalue weighted by molar-refractivity contribution is 7.98. The number of benzene rings is 1. The van der Waals surface area contributed by atoms with Gasteiger partial charge in [0, 0.05) is 4.90 Å². The Labute approximate surface area is 104 Å². The van der Waals surface area contributed by atoms with Crippen molar-refractivity contribution >= 4 is 35.0 Å². The number of carbonyl (C=O) groups excluding carboxylic acids is 1. The van der Waals surface area contributed by atoms with E-state index in [2.05, 4.69) is 23.1 Å². The van der Waals surface area contributed by atoms with E-state index in [1.54, 1.807) is 11.8 Å². The molecule has 1 rings (SSSR count). The fraction of sp³-hybridized carbons (Fsp3) is 0.200. The number of hydrazine groups is 1. The van der Waals surface area contributed by atoms with Gasteiger partial charge in [-0.25, -0.2) is 0 Å². The molecule has 4 N–H and O–H groups in total. The smallest absolute Gasteiger partial charge is 0.242 e. The number of thiocarbonyl (C=S) groups is 1. The molecule has 0 bridgehead atoms. The normalized spacial score (nSPS) is 9.56. The first-order chi connectivity index (χ1) is 7.61. The second-order valence-corrected chi connectivity index (χ2v) is 4.38. The molecule has 0 atom stereocenters. The third-order valence-corrected chi connectivity index (χ3v) is 2.69. The molecule has 0 heterocycles. The molecule has 0 fully saturated rings. The molecule has 1 aromatic carbocycles. The number of amides is 1. The van der Waals surface area contributed by atoms with Gasteiger partial charge >= 0.3 is 0 Å². The average Bonchev–Trinajstić information content (AvgIpc) is 2.27. The first-order valence-corrected chi connectivity index (χ1v) is 6.22. The van der Waals surface area contributed by atoms with Gasteiger partial charge in [-0.05, 0) is 36.2 Å². The second kappa shape index (κ2) is 6.34. The lowest BCUT2D eigenvalue weighted by Crippen LogP contribution is -2.44. The maximum Gasteiger partial charge on any atom is 0.242 e. The number of hydrogen-bond donors (Lipinski definition) is 3. The van der Waals surface area contributed by atoms with Gasteiger partial charge < -0.3 is 5.73 Å². The molecule has 0 unspecified atom stereocenters. The fourth-order valence-corrected chi connectivity index (χ4v) is 1.56. The number of carbonyl (C=O) groups is 1. The van der Waals surface area contributed by atoms with Crippen LogP contribution in [0.1, 0.15) is 5.56 Å². The summed E-state index contributed by atoms with van der Waals surface area (Å²) in [6, 6.07) is 7.81.